The van der Waals surface area contributed by atoms with Crippen LogP contribution in [0.2, 0.25) is 0 Å². The standard InChI is InChI=1S/C13H20N2O4S/c1-20(18,19)15-11-8-9(5-6-12(11)16)13(17)10-4-2-3-7-14-10/h5-6,8,10,13-17H,2-4,7H2,1H3. The zero-order valence-electron chi connectivity index (χ0n) is 11.3. The molecular weight excluding hydrogens is 280 g/mol. The number of nitrogens with one attached hydrogen (secondary N) is 2. The molecule has 7 heteroatoms. The normalized spacial score (nSPS) is 21.4. The number of hydrogen-bond donors (Lipinski definition) is 4. The zero-order valence-corrected chi connectivity index (χ0v) is 12.2. The summed E-state index contributed by atoms with van der Waals surface area (Å²) in [5.41, 5.74) is 0.660. The molecule has 2 atom stereocenters. The second-order valence-corrected chi connectivity index (χ2v) is 6.90. The van der Waals surface area contributed by atoms with E-state index in [1.165, 1.54) is 12.1 Å². The molecule has 2 unspecified atom stereocenters. The van der Waals surface area contributed by atoms with Gasteiger partial charge in [-0.05, 0) is 37.1 Å². The Balaban J connectivity index is 2.21. The molecule has 0 amide bonds. The molecule has 112 valence electrons. The fourth-order valence-corrected chi connectivity index (χ4v) is 2.96. The van der Waals surface area contributed by atoms with Gasteiger partial charge in [0.05, 0.1) is 18.0 Å². The first kappa shape index (κ1) is 15.1. The van der Waals surface area contributed by atoms with Gasteiger partial charge in [0.15, 0.2) is 0 Å². The van der Waals surface area contributed by atoms with E-state index in [4.69, 9.17) is 0 Å². The van der Waals surface area contributed by atoms with Gasteiger partial charge in [-0.25, -0.2) is 8.42 Å². The summed E-state index contributed by atoms with van der Waals surface area (Å²) in [5.74, 6) is -0.164. The number of rotatable bonds is 4. The molecule has 1 heterocycles. The summed E-state index contributed by atoms with van der Waals surface area (Å²) in [5, 5.41) is 23.3. The Bertz CT molecular complexity index is 568. The van der Waals surface area contributed by atoms with E-state index in [0.29, 0.717) is 5.56 Å². The van der Waals surface area contributed by atoms with E-state index in [0.717, 1.165) is 32.1 Å². The van der Waals surface area contributed by atoms with Gasteiger partial charge in [0.1, 0.15) is 5.75 Å². The molecule has 0 saturated carbocycles. The van der Waals surface area contributed by atoms with Crippen LogP contribution in [-0.2, 0) is 10.0 Å². The van der Waals surface area contributed by atoms with Crippen molar-refractivity contribution in [2.75, 3.05) is 17.5 Å². The first-order valence-electron chi connectivity index (χ1n) is 6.59. The number of phenolic OH excluding ortho intramolecular Hbond substituents is 1. The highest BCUT2D eigenvalue weighted by atomic mass is 32.2. The highest BCUT2D eigenvalue weighted by molar-refractivity contribution is 7.92. The van der Waals surface area contributed by atoms with Crippen molar-refractivity contribution in [3.8, 4) is 5.75 Å². The molecule has 1 fully saturated rings. The number of piperidine rings is 1. The molecule has 4 N–H and O–H groups in total. The average Bonchev–Trinajstić information content (AvgIpc) is 2.40. The average molecular weight is 300 g/mol. The summed E-state index contributed by atoms with van der Waals surface area (Å²) < 4.78 is 24.7. The maximum Gasteiger partial charge on any atom is 0.229 e. The molecule has 0 aliphatic carbocycles. The molecular formula is C13H20N2O4S. The predicted molar refractivity (Wildman–Crippen MR) is 77.2 cm³/mol. The molecule has 1 aromatic rings. The first-order chi connectivity index (χ1) is 9.37. The third-order valence-electron chi connectivity index (χ3n) is 3.39. The Hall–Kier alpha value is -1.31. The highest BCUT2D eigenvalue weighted by Crippen LogP contribution is 2.30. The Morgan fingerprint density at radius 3 is 2.75 bits per heavy atom. The van der Waals surface area contributed by atoms with Gasteiger partial charge in [0.25, 0.3) is 0 Å². The highest BCUT2D eigenvalue weighted by Gasteiger charge is 2.23. The third kappa shape index (κ3) is 3.84. The first-order valence-corrected chi connectivity index (χ1v) is 8.48. The van der Waals surface area contributed by atoms with Crippen LogP contribution in [0, 0.1) is 0 Å². The van der Waals surface area contributed by atoms with Crippen molar-refractivity contribution in [2.24, 2.45) is 0 Å². The lowest BCUT2D eigenvalue weighted by atomic mass is 9.94. The molecule has 1 aliphatic rings. The van der Waals surface area contributed by atoms with Crippen LogP contribution in [0.25, 0.3) is 0 Å². The number of sulfonamides is 1. The lowest BCUT2D eigenvalue weighted by Crippen LogP contribution is -2.38. The van der Waals surface area contributed by atoms with E-state index in [9.17, 15) is 18.6 Å². The van der Waals surface area contributed by atoms with Gasteiger partial charge in [-0.3, -0.25) is 4.72 Å². The molecule has 1 saturated heterocycles. The van der Waals surface area contributed by atoms with Gasteiger partial charge in [-0.15, -0.1) is 0 Å². The number of anilines is 1. The lowest BCUT2D eigenvalue weighted by Gasteiger charge is -2.28. The van der Waals surface area contributed by atoms with Crippen molar-refractivity contribution in [2.45, 2.75) is 31.4 Å². The van der Waals surface area contributed by atoms with E-state index in [1.54, 1.807) is 6.07 Å². The number of aromatic hydroxyl groups is 1. The van der Waals surface area contributed by atoms with Crippen LogP contribution < -0.4 is 10.0 Å². The summed E-state index contributed by atoms with van der Waals surface area (Å²) >= 11 is 0. The molecule has 0 spiro atoms. The smallest absolute Gasteiger partial charge is 0.229 e. The maximum atomic E-state index is 11.2. The van der Waals surface area contributed by atoms with Crippen LogP contribution in [0.3, 0.4) is 0 Å². The van der Waals surface area contributed by atoms with Crippen LogP contribution in [0.4, 0.5) is 5.69 Å². The maximum absolute atomic E-state index is 11.2. The van der Waals surface area contributed by atoms with E-state index >= 15 is 0 Å². The van der Waals surface area contributed by atoms with Crippen LogP contribution in [0.15, 0.2) is 18.2 Å². The number of phenols is 1. The summed E-state index contributed by atoms with van der Waals surface area (Å²) in [6.07, 6.45) is 3.31. The van der Waals surface area contributed by atoms with E-state index in [1.807, 2.05) is 0 Å². The molecule has 1 aromatic carbocycles. The molecule has 0 bridgehead atoms. The quantitative estimate of drug-likeness (QED) is 0.620. The Labute approximate surface area is 118 Å². The number of benzene rings is 1. The van der Waals surface area contributed by atoms with Crippen LogP contribution >= 0.6 is 0 Å². The molecule has 1 aliphatic heterocycles. The van der Waals surface area contributed by atoms with Gasteiger partial charge >= 0.3 is 0 Å². The zero-order chi connectivity index (χ0) is 14.8. The second kappa shape index (κ2) is 5.99. The van der Waals surface area contributed by atoms with Crippen molar-refractivity contribution in [1.82, 2.24) is 5.32 Å². The number of aliphatic hydroxyl groups excluding tert-OH is 1. The summed E-state index contributed by atoms with van der Waals surface area (Å²) in [4.78, 5) is 0. The second-order valence-electron chi connectivity index (χ2n) is 5.15. The Kier molecular flexibility index (Phi) is 4.52. The van der Waals surface area contributed by atoms with Gasteiger partial charge in [0.2, 0.25) is 10.0 Å². The largest absolute Gasteiger partial charge is 0.506 e. The fraction of sp³-hybridized carbons (Fsp3) is 0.538. The molecule has 2 rings (SSSR count). The van der Waals surface area contributed by atoms with Gasteiger partial charge in [-0.2, -0.15) is 0 Å². The SMILES string of the molecule is CS(=O)(=O)Nc1cc(C(O)C2CCCCN2)ccc1O. The number of aliphatic hydroxyl groups is 1. The minimum Gasteiger partial charge on any atom is -0.506 e. The minimum absolute atomic E-state index is 0.0422. The van der Waals surface area contributed by atoms with Gasteiger partial charge < -0.3 is 15.5 Å². The predicted octanol–water partition coefficient (Wildman–Crippen LogP) is 0.939. The molecule has 0 aromatic heterocycles. The Morgan fingerprint density at radius 1 is 1.40 bits per heavy atom. The fourth-order valence-electron chi connectivity index (χ4n) is 2.40. The summed E-state index contributed by atoms with van der Waals surface area (Å²) in [7, 11) is -3.47. The van der Waals surface area contributed by atoms with E-state index in [2.05, 4.69) is 10.0 Å². The van der Waals surface area contributed by atoms with Gasteiger partial charge in [-0.1, -0.05) is 12.5 Å². The summed E-state index contributed by atoms with van der Waals surface area (Å²) in [6, 6.07) is 4.41. The van der Waals surface area contributed by atoms with Crippen molar-refractivity contribution in [3.63, 3.8) is 0 Å². The van der Waals surface area contributed by atoms with Crippen molar-refractivity contribution >= 4 is 15.7 Å². The topological polar surface area (TPSA) is 98.7 Å². The molecule has 0 radical (unpaired) electrons. The van der Waals surface area contributed by atoms with Crippen molar-refractivity contribution in [3.05, 3.63) is 23.8 Å². The van der Waals surface area contributed by atoms with Crippen molar-refractivity contribution in [1.29, 1.82) is 0 Å². The van der Waals surface area contributed by atoms with E-state index in [-0.39, 0.29) is 17.5 Å². The van der Waals surface area contributed by atoms with Crippen LogP contribution in [0.1, 0.15) is 30.9 Å². The lowest BCUT2D eigenvalue weighted by molar-refractivity contribution is 0.114. The number of hydrogen-bond acceptors (Lipinski definition) is 5. The van der Waals surface area contributed by atoms with E-state index < -0.39 is 16.1 Å². The molecule has 6 nitrogen and oxygen atoms in total. The third-order valence-corrected chi connectivity index (χ3v) is 3.98. The molecule has 20 heavy (non-hydrogen) atoms. The minimum atomic E-state index is -3.47. The van der Waals surface area contributed by atoms with Crippen LogP contribution in [0.5, 0.6) is 5.75 Å². The van der Waals surface area contributed by atoms with Crippen LogP contribution in [-0.4, -0.2) is 37.5 Å². The van der Waals surface area contributed by atoms with Gasteiger partial charge in [0, 0.05) is 6.04 Å². The Morgan fingerprint density at radius 2 is 2.15 bits per heavy atom. The van der Waals surface area contributed by atoms with Crippen molar-refractivity contribution < 1.29 is 18.6 Å². The monoisotopic (exact) mass is 300 g/mol. The summed E-state index contributed by atoms with van der Waals surface area (Å²) in [6.45, 7) is 0.869.